The van der Waals surface area contributed by atoms with Crippen LogP contribution < -0.4 is 4.90 Å². The summed E-state index contributed by atoms with van der Waals surface area (Å²) in [6.07, 6.45) is 0.764. The SMILES string of the molecule is CCOC(=O)c1cccc2c1CN(c1nc3c([nH]1)CN(C(C)=O)CC3)C2. The van der Waals surface area contributed by atoms with Crippen molar-refractivity contribution < 1.29 is 14.3 Å². The second-order valence-electron chi connectivity index (χ2n) is 6.70. The highest BCUT2D eigenvalue weighted by Crippen LogP contribution is 2.31. The van der Waals surface area contributed by atoms with E-state index in [1.54, 1.807) is 6.92 Å². The van der Waals surface area contributed by atoms with Crippen LogP contribution in [0.4, 0.5) is 5.95 Å². The van der Waals surface area contributed by atoms with Gasteiger partial charge in [0.1, 0.15) is 0 Å². The van der Waals surface area contributed by atoms with Crippen molar-refractivity contribution in [1.82, 2.24) is 14.9 Å². The third kappa shape index (κ3) is 2.83. The van der Waals surface area contributed by atoms with Gasteiger partial charge in [-0.3, -0.25) is 4.79 Å². The second kappa shape index (κ2) is 6.48. The average molecular weight is 354 g/mol. The molecule has 7 nitrogen and oxygen atoms in total. The van der Waals surface area contributed by atoms with Crippen LogP contribution in [0.15, 0.2) is 18.2 Å². The van der Waals surface area contributed by atoms with Crippen molar-refractivity contribution in [2.45, 2.75) is 39.9 Å². The van der Waals surface area contributed by atoms with Crippen LogP contribution in [0, 0.1) is 0 Å². The standard InChI is InChI=1S/C19H22N4O3/c1-3-26-18(25)14-6-4-5-13-9-23(10-15(13)14)19-20-16-7-8-22(12(2)24)11-17(16)21-19/h4-6H,3,7-11H2,1-2H3,(H,20,21). The van der Waals surface area contributed by atoms with E-state index in [1.165, 1.54) is 0 Å². The van der Waals surface area contributed by atoms with Gasteiger partial charge in [-0.15, -0.1) is 0 Å². The van der Waals surface area contributed by atoms with Crippen LogP contribution in [0.25, 0.3) is 0 Å². The van der Waals surface area contributed by atoms with Crippen LogP contribution in [0.3, 0.4) is 0 Å². The predicted molar refractivity (Wildman–Crippen MR) is 95.7 cm³/mol. The summed E-state index contributed by atoms with van der Waals surface area (Å²) in [6.45, 7) is 6.37. The maximum Gasteiger partial charge on any atom is 0.338 e. The van der Waals surface area contributed by atoms with E-state index in [2.05, 4.69) is 9.88 Å². The number of ether oxygens (including phenoxy) is 1. The van der Waals surface area contributed by atoms with Gasteiger partial charge in [-0.05, 0) is 24.1 Å². The zero-order chi connectivity index (χ0) is 18.3. The Labute approximate surface area is 152 Å². The molecule has 2 aliphatic heterocycles. The Kier molecular flexibility index (Phi) is 4.14. The van der Waals surface area contributed by atoms with E-state index in [9.17, 15) is 9.59 Å². The number of fused-ring (bicyclic) bond motifs is 2. The topological polar surface area (TPSA) is 78.5 Å². The Hall–Kier alpha value is -2.83. The highest BCUT2D eigenvalue weighted by atomic mass is 16.5. The number of amides is 1. The molecule has 7 heteroatoms. The molecule has 1 aromatic heterocycles. The smallest absolute Gasteiger partial charge is 0.338 e. The molecule has 2 aliphatic rings. The van der Waals surface area contributed by atoms with Gasteiger partial charge in [0.25, 0.3) is 0 Å². The molecule has 0 saturated carbocycles. The quantitative estimate of drug-likeness (QED) is 0.853. The first kappa shape index (κ1) is 16.6. The van der Waals surface area contributed by atoms with Crippen LogP contribution in [-0.2, 0) is 35.6 Å². The van der Waals surface area contributed by atoms with E-state index in [-0.39, 0.29) is 11.9 Å². The molecule has 1 aromatic carbocycles. The first-order valence-corrected chi connectivity index (χ1v) is 8.93. The number of imidazole rings is 1. The lowest BCUT2D eigenvalue weighted by atomic mass is 10.0. The maximum atomic E-state index is 12.2. The van der Waals surface area contributed by atoms with Gasteiger partial charge in [0.05, 0.1) is 30.1 Å². The molecule has 0 spiro atoms. The number of hydrogen-bond acceptors (Lipinski definition) is 5. The number of esters is 1. The Morgan fingerprint density at radius 3 is 2.88 bits per heavy atom. The minimum absolute atomic E-state index is 0.0828. The van der Waals surface area contributed by atoms with Crippen LogP contribution in [0.5, 0.6) is 0 Å². The van der Waals surface area contributed by atoms with Gasteiger partial charge in [0.2, 0.25) is 11.9 Å². The third-order valence-electron chi connectivity index (χ3n) is 5.04. The molecular weight excluding hydrogens is 332 g/mol. The summed E-state index contributed by atoms with van der Waals surface area (Å²) in [6, 6.07) is 5.75. The van der Waals surface area contributed by atoms with Crippen LogP contribution in [0.1, 0.15) is 46.7 Å². The zero-order valence-electron chi connectivity index (χ0n) is 15.0. The number of nitrogens with one attached hydrogen (secondary N) is 1. The van der Waals surface area contributed by atoms with Gasteiger partial charge in [-0.2, -0.15) is 0 Å². The number of H-pyrrole nitrogens is 1. The predicted octanol–water partition coefficient (Wildman–Crippen LogP) is 2.01. The van der Waals surface area contributed by atoms with Crippen molar-refractivity contribution in [2.75, 3.05) is 18.1 Å². The number of rotatable bonds is 3. The Bertz CT molecular complexity index is 874. The molecule has 0 aliphatic carbocycles. The van der Waals surface area contributed by atoms with E-state index in [0.717, 1.165) is 34.9 Å². The second-order valence-corrected chi connectivity index (χ2v) is 6.70. The number of carbonyl (C=O) groups is 2. The van der Waals surface area contributed by atoms with Crippen LogP contribution >= 0.6 is 0 Å². The van der Waals surface area contributed by atoms with Gasteiger partial charge in [0, 0.05) is 33.0 Å². The minimum atomic E-state index is -0.276. The molecule has 4 rings (SSSR count). The lowest BCUT2D eigenvalue weighted by Gasteiger charge is -2.24. The van der Waals surface area contributed by atoms with Gasteiger partial charge in [0.15, 0.2) is 0 Å². The van der Waals surface area contributed by atoms with Crippen molar-refractivity contribution >= 4 is 17.8 Å². The molecule has 2 aromatic rings. The summed E-state index contributed by atoms with van der Waals surface area (Å²) < 4.78 is 5.18. The highest BCUT2D eigenvalue weighted by molar-refractivity contribution is 5.92. The fourth-order valence-electron chi connectivity index (χ4n) is 3.67. The molecule has 0 bridgehead atoms. The number of carbonyl (C=O) groups excluding carboxylic acids is 2. The lowest BCUT2D eigenvalue weighted by molar-refractivity contribution is -0.129. The number of aromatic nitrogens is 2. The zero-order valence-corrected chi connectivity index (χ0v) is 15.0. The fourth-order valence-corrected chi connectivity index (χ4v) is 3.67. The molecule has 0 radical (unpaired) electrons. The van der Waals surface area contributed by atoms with Gasteiger partial charge >= 0.3 is 5.97 Å². The molecule has 0 atom stereocenters. The number of hydrogen-bond donors (Lipinski definition) is 1. The summed E-state index contributed by atoms with van der Waals surface area (Å²) in [5.41, 5.74) is 4.79. The van der Waals surface area contributed by atoms with E-state index in [1.807, 2.05) is 30.0 Å². The average Bonchev–Trinajstić information content (AvgIpc) is 3.24. The first-order valence-electron chi connectivity index (χ1n) is 8.93. The Morgan fingerprint density at radius 1 is 1.27 bits per heavy atom. The largest absolute Gasteiger partial charge is 0.462 e. The molecule has 1 N–H and O–H groups in total. The van der Waals surface area contributed by atoms with Gasteiger partial charge in [-0.25, -0.2) is 9.78 Å². The van der Waals surface area contributed by atoms with E-state index < -0.39 is 0 Å². The molecular formula is C19H22N4O3. The molecule has 0 saturated heterocycles. The van der Waals surface area contributed by atoms with Crippen molar-refractivity contribution in [3.8, 4) is 0 Å². The van der Waals surface area contributed by atoms with Crippen molar-refractivity contribution in [3.05, 3.63) is 46.3 Å². The van der Waals surface area contributed by atoms with Crippen molar-refractivity contribution in [1.29, 1.82) is 0 Å². The van der Waals surface area contributed by atoms with Crippen molar-refractivity contribution in [2.24, 2.45) is 0 Å². The summed E-state index contributed by atoms with van der Waals surface area (Å²) >= 11 is 0. The molecule has 1 amide bonds. The van der Waals surface area contributed by atoms with Gasteiger partial charge in [-0.1, -0.05) is 12.1 Å². The van der Waals surface area contributed by atoms with Crippen LogP contribution in [0.2, 0.25) is 0 Å². The van der Waals surface area contributed by atoms with E-state index in [0.29, 0.717) is 38.3 Å². The summed E-state index contributed by atoms with van der Waals surface area (Å²) in [5.74, 6) is 0.605. The van der Waals surface area contributed by atoms with E-state index in [4.69, 9.17) is 9.72 Å². The first-order chi connectivity index (χ1) is 12.6. The number of nitrogens with zero attached hydrogens (tertiary/aromatic N) is 3. The van der Waals surface area contributed by atoms with Gasteiger partial charge < -0.3 is 19.5 Å². The summed E-state index contributed by atoms with van der Waals surface area (Å²) in [5, 5.41) is 0. The number of anilines is 1. The maximum absolute atomic E-state index is 12.2. The summed E-state index contributed by atoms with van der Waals surface area (Å²) in [7, 11) is 0. The Balaban J connectivity index is 1.57. The van der Waals surface area contributed by atoms with Crippen LogP contribution in [-0.4, -0.2) is 39.9 Å². The number of aromatic amines is 1. The molecule has 0 unspecified atom stereocenters. The normalized spacial score (nSPS) is 15.6. The minimum Gasteiger partial charge on any atom is -0.462 e. The summed E-state index contributed by atoms with van der Waals surface area (Å²) in [4.78, 5) is 35.9. The number of benzene rings is 1. The Morgan fingerprint density at radius 2 is 2.12 bits per heavy atom. The molecule has 3 heterocycles. The lowest BCUT2D eigenvalue weighted by Crippen LogP contribution is -2.34. The van der Waals surface area contributed by atoms with E-state index >= 15 is 0 Å². The third-order valence-corrected chi connectivity index (χ3v) is 5.04. The van der Waals surface area contributed by atoms with Crippen molar-refractivity contribution in [3.63, 3.8) is 0 Å². The monoisotopic (exact) mass is 354 g/mol. The molecule has 136 valence electrons. The molecule has 0 fully saturated rings. The molecule has 26 heavy (non-hydrogen) atoms. The highest BCUT2D eigenvalue weighted by Gasteiger charge is 2.28. The fraction of sp³-hybridized carbons (Fsp3) is 0.421.